The van der Waals surface area contributed by atoms with Gasteiger partial charge in [-0.25, -0.2) is 14.8 Å². The number of thiophene rings is 1. The third-order valence-corrected chi connectivity index (χ3v) is 4.92. The molecule has 0 saturated heterocycles. The highest BCUT2D eigenvalue weighted by atomic mass is 32.1. The fraction of sp³-hybridized carbons (Fsp3) is 0.333. The van der Waals surface area contributed by atoms with Crippen LogP contribution in [0.1, 0.15) is 16.1 Å². The van der Waals surface area contributed by atoms with Crippen LogP contribution >= 0.6 is 11.3 Å². The van der Waals surface area contributed by atoms with Gasteiger partial charge in [-0.05, 0) is 25.5 Å². The second-order valence-corrected chi connectivity index (χ2v) is 6.32. The molecule has 0 amide bonds. The molecule has 0 bridgehead atoms. The molecule has 0 atom stereocenters. The number of hydrogen-bond donors (Lipinski definition) is 0. The van der Waals surface area contributed by atoms with E-state index >= 15 is 0 Å². The third-order valence-electron chi connectivity index (χ3n) is 3.85. The Bertz CT molecular complexity index is 881. The maximum Gasteiger partial charge on any atom is 0.374 e. The lowest BCUT2D eigenvalue weighted by Crippen LogP contribution is -2.41. The Labute approximate surface area is 131 Å². The van der Waals surface area contributed by atoms with Crippen molar-refractivity contribution < 1.29 is 9.53 Å². The second kappa shape index (κ2) is 4.61. The number of nitrogens with zero attached hydrogens (tertiary/aromatic N) is 4. The largest absolute Gasteiger partial charge is 0.463 e. The first-order chi connectivity index (χ1) is 10.6. The molecule has 6 nitrogen and oxygen atoms in total. The number of methoxy groups -OCH3 is 1. The maximum atomic E-state index is 12.1. The number of ether oxygens (including phenoxy) is 1. The van der Waals surface area contributed by atoms with Crippen molar-refractivity contribution in [2.75, 3.05) is 20.2 Å². The number of carbonyl (C=O) groups is 1. The average Bonchev–Trinajstić information content (AvgIpc) is 3.08. The Balaban J connectivity index is 2.05. The molecule has 0 fully saturated rings. The molecule has 2 aliphatic heterocycles. The van der Waals surface area contributed by atoms with E-state index in [0.717, 1.165) is 37.9 Å². The molecule has 0 spiro atoms. The van der Waals surface area contributed by atoms with Crippen LogP contribution < -0.4 is 0 Å². The van der Waals surface area contributed by atoms with Crippen LogP contribution in [0.2, 0.25) is 0 Å². The SMILES string of the molecule is COC(=O)C1=Nc2c(sc3nc(C)cc(C)c23)C2=NCCN12. The van der Waals surface area contributed by atoms with Gasteiger partial charge >= 0.3 is 5.97 Å². The summed E-state index contributed by atoms with van der Waals surface area (Å²) in [6.45, 7) is 5.33. The molecular formula is C15H14N4O2S. The van der Waals surface area contributed by atoms with Crippen molar-refractivity contribution in [1.82, 2.24) is 9.88 Å². The van der Waals surface area contributed by atoms with Gasteiger partial charge in [0, 0.05) is 17.6 Å². The summed E-state index contributed by atoms with van der Waals surface area (Å²) < 4.78 is 4.87. The van der Waals surface area contributed by atoms with Crippen LogP contribution in [0.3, 0.4) is 0 Å². The molecule has 7 heteroatoms. The van der Waals surface area contributed by atoms with Crippen molar-refractivity contribution in [1.29, 1.82) is 0 Å². The highest BCUT2D eigenvalue weighted by Gasteiger charge is 2.36. The predicted octanol–water partition coefficient (Wildman–Crippen LogP) is 2.19. The molecule has 2 aromatic heterocycles. The highest BCUT2D eigenvalue weighted by molar-refractivity contribution is 7.21. The van der Waals surface area contributed by atoms with Crippen molar-refractivity contribution in [2.24, 2.45) is 9.98 Å². The fourth-order valence-corrected chi connectivity index (χ4v) is 4.20. The number of rotatable bonds is 1. The maximum absolute atomic E-state index is 12.1. The van der Waals surface area contributed by atoms with Crippen LogP contribution in [0.15, 0.2) is 16.1 Å². The molecule has 112 valence electrons. The minimum Gasteiger partial charge on any atom is -0.463 e. The van der Waals surface area contributed by atoms with Gasteiger partial charge in [-0.1, -0.05) is 0 Å². The van der Waals surface area contributed by atoms with E-state index in [4.69, 9.17) is 4.74 Å². The minimum atomic E-state index is -0.433. The molecule has 4 rings (SSSR count). The summed E-state index contributed by atoms with van der Waals surface area (Å²) in [6, 6.07) is 2.03. The number of pyridine rings is 1. The Kier molecular flexibility index (Phi) is 2.80. The zero-order valence-electron chi connectivity index (χ0n) is 12.5. The second-order valence-electron chi connectivity index (χ2n) is 5.32. The van der Waals surface area contributed by atoms with E-state index < -0.39 is 5.97 Å². The Morgan fingerprint density at radius 3 is 3.00 bits per heavy atom. The lowest BCUT2D eigenvalue weighted by Gasteiger charge is -2.23. The summed E-state index contributed by atoms with van der Waals surface area (Å²) in [6.07, 6.45) is 0. The number of aromatic nitrogens is 1. The molecule has 0 aromatic carbocycles. The fourth-order valence-electron chi connectivity index (χ4n) is 2.94. The monoisotopic (exact) mass is 314 g/mol. The van der Waals surface area contributed by atoms with Crippen LogP contribution in [-0.2, 0) is 9.53 Å². The van der Waals surface area contributed by atoms with E-state index in [9.17, 15) is 4.79 Å². The minimum absolute atomic E-state index is 0.311. The summed E-state index contributed by atoms with van der Waals surface area (Å²) in [5, 5.41) is 1.00. The first-order valence-corrected chi connectivity index (χ1v) is 7.82. The topological polar surface area (TPSA) is 67.1 Å². The molecule has 2 aromatic rings. The van der Waals surface area contributed by atoms with Gasteiger partial charge in [0.15, 0.2) is 0 Å². The van der Waals surface area contributed by atoms with Crippen LogP contribution in [0.4, 0.5) is 5.69 Å². The third kappa shape index (κ3) is 1.72. The van der Waals surface area contributed by atoms with Crippen molar-refractivity contribution in [2.45, 2.75) is 13.8 Å². The lowest BCUT2D eigenvalue weighted by molar-refractivity contribution is -0.133. The standard InChI is InChI=1S/C15H14N4O2S/c1-7-6-8(2)17-14-9(7)10-11(22-14)12-16-4-5-19(12)13(18-10)15(20)21-3/h6H,4-5H2,1-3H3. The van der Waals surface area contributed by atoms with Gasteiger partial charge in [-0.3, -0.25) is 4.99 Å². The Morgan fingerprint density at radius 1 is 1.41 bits per heavy atom. The summed E-state index contributed by atoms with van der Waals surface area (Å²) in [5.41, 5.74) is 2.88. The van der Waals surface area contributed by atoms with Crippen LogP contribution in [0.5, 0.6) is 0 Å². The van der Waals surface area contributed by atoms with E-state index in [2.05, 4.69) is 15.0 Å². The van der Waals surface area contributed by atoms with E-state index in [1.807, 2.05) is 24.8 Å². The Hall–Kier alpha value is -2.28. The number of aliphatic imine (C=N–C) groups is 2. The Morgan fingerprint density at radius 2 is 2.23 bits per heavy atom. The van der Waals surface area contributed by atoms with Crippen molar-refractivity contribution in [3.63, 3.8) is 0 Å². The molecule has 0 unspecified atom stereocenters. The van der Waals surface area contributed by atoms with Gasteiger partial charge < -0.3 is 9.64 Å². The summed E-state index contributed by atoms with van der Waals surface area (Å²) in [4.78, 5) is 29.6. The number of hydrogen-bond acceptors (Lipinski definition) is 7. The van der Waals surface area contributed by atoms with Crippen molar-refractivity contribution in [3.05, 3.63) is 22.2 Å². The number of carbonyl (C=O) groups excluding carboxylic acids is 1. The molecular weight excluding hydrogens is 300 g/mol. The molecule has 22 heavy (non-hydrogen) atoms. The molecule has 0 N–H and O–H groups in total. The summed E-state index contributed by atoms with van der Waals surface area (Å²) >= 11 is 1.58. The average molecular weight is 314 g/mol. The van der Waals surface area contributed by atoms with Crippen LogP contribution in [-0.4, -0.2) is 47.7 Å². The van der Waals surface area contributed by atoms with Gasteiger partial charge in [0.1, 0.15) is 10.7 Å². The zero-order chi connectivity index (χ0) is 15.4. The van der Waals surface area contributed by atoms with Gasteiger partial charge in [0.05, 0.1) is 24.2 Å². The zero-order valence-corrected chi connectivity index (χ0v) is 13.3. The van der Waals surface area contributed by atoms with Gasteiger partial charge in [0.2, 0.25) is 5.84 Å². The number of esters is 1. The number of amidine groups is 2. The van der Waals surface area contributed by atoms with Gasteiger partial charge in [-0.2, -0.15) is 0 Å². The van der Waals surface area contributed by atoms with E-state index in [-0.39, 0.29) is 0 Å². The quantitative estimate of drug-likeness (QED) is 0.757. The summed E-state index contributed by atoms with van der Waals surface area (Å²) in [7, 11) is 1.37. The van der Waals surface area contributed by atoms with E-state index in [1.165, 1.54) is 7.11 Å². The highest BCUT2D eigenvalue weighted by Crippen LogP contribution is 2.43. The molecule has 0 aliphatic carbocycles. The van der Waals surface area contributed by atoms with Crippen LogP contribution in [0.25, 0.3) is 10.2 Å². The van der Waals surface area contributed by atoms with E-state index in [0.29, 0.717) is 18.9 Å². The van der Waals surface area contributed by atoms with Crippen molar-refractivity contribution >= 4 is 44.9 Å². The first kappa shape index (κ1) is 13.4. The smallest absolute Gasteiger partial charge is 0.374 e. The normalized spacial score (nSPS) is 16.2. The van der Waals surface area contributed by atoms with Gasteiger partial charge in [0.25, 0.3) is 0 Å². The molecule has 0 radical (unpaired) electrons. The first-order valence-electron chi connectivity index (χ1n) is 7.00. The summed E-state index contributed by atoms with van der Waals surface area (Å²) in [5.74, 6) is 0.689. The van der Waals surface area contributed by atoms with E-state index in [1.54, 1.807) is 11.3 Å². The van der Waals surface area contributed by atoms with Crippen LogP contribution in [0, 0.1) is 13.8 Å². The molecule has 4 heterocycles. The lowest BCUT2D eigenvalue weighted by atomic mass is 10.1. The number of aryl methyl sites for hydroxylation is 2. The molecule has 2 aliphatic rings. The molecule has 0 saturated carbocycles. The van der Waals surface area contributed by atoms with Crippen molar-refractivity contribution in [3.8, 4) is 0 Å². The predicted molar refractivity (Wildman–Crippen MR) is 86.3 cm³/mol. The van der Waals surface area contributed by atoms with Gasteiger partial charge in [-0.15, -0.1) is 11.3 Å². The number of fused-ring (bicyclic) bond motifs is 5.